The van der Waals surface area contributed by atoms with Crippen molar-refractivity contribution < 1.29 is 9.53 Å². The first-order valence-corrected chi connectivity index (χ1v) is 5.58. The van der Waals surface area contributed by atoms with E-state index in [2.05, 4.69) is 11.6 Å². The number of benzene rings is 1. The first-order chi connectivity index (χ1) is 8.68. The maximum Gasteiger partial charge on any atom is 0.333 e. The van der Waals surface area contributed by atoms with E-state index in [1.54, 1.807) is 19.4 Å². The third kappa shape index (κ3) is 2.66. The molecule has 1 aromatic carbocycles. The summed E-state index contributed by atoms with van der Waals surface area (Å²) in [6.45, 7) is 5.34. The highest BCUT2D eigenvalue weighted by Gasteiger charge is 2.08. The number of carbonyl (C=O) groups excluding carboxylic acids is 1. The van der Waals surface area contributed by atoms with Crippen LogP contribution >= 0.6 is 0 Å². The van der Waals surface area contributed by atoms with Crippen molar-refractivity contribution in [1.82, 2.24) is 9.55 Å². The molecule has 0 aliphatic rings. The van der Waals surface area contributed by atoms with Gasteiger partial charge in [0, 0.05) is 11.3 Å². The maximum absolute atomic E-state index is 11.3. The number of hydrogen-bond acceptors (Lipinski definition) is 3. The van der Waals surface area contributed by atoms with Gasteiger partial charge in [0.05, 0.1) is 18.2 Å². The summed E-state index contributed by atoms with van der Waals surface area (Å²) in [4.78, 5) is 15.4. The van der Waals surface area contributed by atoms with E-state index >= 15 is 0 Å². The predicted molar refractivity (Wildman–Crippen MR) is 68.2 cm³/mol. The normalized spacial score (nSPS) is 10.1. The zero-order chi connectivity index (χ0) is 13.0. The summed E-state index contributed by atoms with van der Waals surface area (Å²) in [5.41, 5.74) is 2.19. The second-order valence-corrected chi connectivity index (χ2v) is 3.95. The van der Waals surface area contributed by atoms with E-state index < -0.39 is 5.97 Å². The molecule has 0 radical (unpaired) electrons. The van der Waals surface area contributed by atoms with Gasteiger partial charge in [0.25, 0.3) is 0 Å². The van der Waals surface area contributed by atoms with Crippen LogP contribution in [0.15, 0.2) is 55.0 Å². The summed E-state index contributed by atoms with van der Waals surface area (Å²) in [7, 11) is 0. The monoisotopic (exact) mass is 242 g/mol. The van der Waals surface area contributed by atoms with Crippen molar-refractivity contribution in [3.05, 3.63) is 60.7 Å². The fourth-order valence-corrected chi connectivity index (χ4v) is 1.51. The standard InChI is InChI=1S/C14H14N2O2/c1-11(2)14(17)18-9-13-8-15-10-16(13)12-6-4-3-5-7-12/h3-8,10H,1,9H2,2H3. The topological polar surface area (TPSA) is 44.1 Å². The number of esters is 1. The van der Waals surface area contributed by atoms with E-state index in [0.717, 1.165) is 11.4 Å². The Hall–Kier alpha value is -2.36. The van der Waals surface area contributed by atoms with E-state index in [1.807, 2.05) is 34.9 Å². The molecule has 0 spiro atoms. The molecular weight excluding hydrogens is 228 g/mol. The van der Waals surface area contributed by atoms with Crippen LogP contribution in [0, 0.1) is 0 Å². The van der Waals surface area contributed by atoms with Gasteiger partial charge in [-0.3, -0.25) is 4.57 Å². The fraction of sp³-hybridized carbons (Fsp3) is 0.143. The quantitative estimate of drug-likeness (QED) is 0.611. The van der Waals surface area contributed by atoms with Crippen molar-refractivity contribution in [2.45, 2.75) is 13.5 Å². The Balaban J connectivity index is 2.14. The molecule has 0 bridgehead atoms. The highest BCUT2D eigenvalue weighted by Crippen LogP contribution is 2.12. The minimum atomic E-state index is -0.393. The van der Waals surface area contributed by atoms with Crippen LogP contribution in [-0.4, -0.2) is 15.5 Å². The molecule has 0 saturated carbocycles. The van der Waals surface area contributed by atoms with Gasteiger partial charge in [-0.15, -0.1) is 0 Å². The molecule has 0 N–H and O–H groups in total. The van der Waals surface area contributed by atoms with Crippen LogP contribution in [0.5, 0.6) is 0 Å². The Kier molecular flexibility index (Phi) is 3.57. The molecule has 0 saturated heterocycles. The summed E-state index contributed by atoms with van der Waals surface area (Å²) < 4.78 is 6.99. The number of rotatable bonds is 4. The van der Waals surface area contributed by atoms with E-state index in [9.17, 15) is 4.79 Å². The number of hydrogen-bond donors (Lipinski definition) is 0. The number of imidazole rings is 1. The minimum absolute atomic E-state index is 0.181. The number of aromatic nitrogens is 2. The van der Waals surface area contributed by atoms with Gasteiger partial charge < -0.3 is 4.74 Å². The molecule has 0 amide bonds. The van der Waals surface area contributed by atoms with Crippen LogP contribution in [0.1, 0.15) is 12.6 Å². The second kappa shape index (κ2) is 5.31. The van der Waals surface area contributed by atoms with Crippen molar-refractivity contribution in [1.29, 1.82) is 0 Å². The Morgan fingerprint density at radius 2 is 2.11 bits per heavy atom. The van der Waals surface area contributed by atoms with Gasteiger partial charge in [0.2, 0.25) is 0 Å². The number of ether oxygens (including phenoxy) is 1. The van der Waals surface area contributed by atoms with Gasteiger partial charge in [-0.05, 0) is 19.1 Å². The van der Waals surface area contributed by atoms with Crippen LogP contribution in [0.3, 0.4) is 0 Å². The molecule has 4 nitrogen and oxygen atoms in total. The van der Waals surface area contributed by atoms with Crippen LogP contribution in [0.2, 0.25) is 0 Å². The molecule has 1 heterocycles. The van der Waals surface area contributed by atoms with Crippen LogP contribution in [0.4, 0.5) is 0 Å². The molecule has 0 atom stereocenters. The lowest BCUT2D eigenvalue weighted by Crippen LogP contribution is -2.07. The Labute approximate surface area is 106 Å². The lowest BCUT2D eigenvalue weighted by molar-refractivity contribution is -0.140. The number of carbonyl (C=O) groups is 1. The predicted octanol–water partition coefficient (Wildman–Crippen LogP) is 2.49. The van der Waals surface area contributed by atoms with E-state index in [1.165, 1.54) is 0 Å². The van der Waals surface area contributed by atoms with E-state index in [4.69, 9.17) is 4.74 Å². The summed E-state index contributed by atoms with van der Waals surface area (Å²) in [5.74, 6) is -0.393. The molecule has 0 aliphatic heterocycles. The van der Waals surface area contributed by atoms with Crippen molar-refractivity contribution >= 4 is 5.97 Å². The smallest absolute Gasteiger partial charge is 0.333 e. The second-order valence-electron chi connectivity index (χ2n) is 3.95. The zero-order valence-electron chi connectivity index (χ0n) is 10.2. The molecule has 18 heavy (non-hydrogen) atoms. The van der Waals surface area contributed by atoms with Gasteiger partial charge in [0.1, 0.15) is 6.61 Å². The van der Waals surface area contributed by atoms with E-state index in [0.29, 0.717) is 5.57 Å². The molecule has 1 aromatic heterocycles. The highest BCUT2D eigenvalue weighted by molar-refractivity contribution is 5.86. The van der Waals surface area contributed by atoms with Gasteiger partial charge in [-0.2, -0.15) is 0 Å². The molecule has 2 aromatic rings. The summed E-state index contributed by atoms with van der Waals surface area (Å²) in [6.07, 6.45) is 3.37. The fourth-order valence-electron chi connectivity index (χ4n) is 1.51. The molecule has 2 rings (SSSR count). The van der Waals surface area contributed by atoms with E-state index in [-0.39, 0.29) is 6.61 Å². The minimum Gasteiger partial charge on any atom is -0.456 e. The largest absolute Gasteiger partial charge is 0.456 e. The van der Waals surface area contributed by atoms with Crippen LogP contribution < -0.4 is 0 Å². The first-order valence-electron chi connectivity index (χ1n) is 5.58. The number of para-hydroxylation sites is 1. The first kappa shape index (κ1) is 12.1. The van der Waals surface area contributed by atoms with Crippen LogP contribution in [-0.2, 0) is 16.1 Å². The van der Waals surface area contributed by atoms with Crippen molar-refractivity contribution in [2.24, 2.45) is 0 Å². The maximum atomic E-state index is 11.3. The summed E-state index contributed by atoms with van der Waals surface area (Å²) in [5, 5.41) is 0. The van der Waals surface area contributed by atoms with Crippen LogP contribution in [0.25, 0.3) is 5.69 Å². The highest BCUT2D eigenvalue weighted by atomic mass is 16.5. The Morgan fingerprint density at radius 3 is 2.78 bits per heavy atom. The molecule has 0 unspecified atom stereocenters. The lowest BCUT2D eigenvalue weighted by atomic mass is 10.3. The average molecular weight is 242 g/mol. The summed E-state index contributed by atoms with van der Waals surface area (Å²) >= 11 is 0. The summed E-state index contributed by atoms with van der Waals surface area (Å²) in [6, 6.07) is 9.76. The van der Waals surface area contributed by atoms with Gasteiger partial charge >= 0.3 is 5.97 Å². The van der Waals surface area contributed by atoms with Crippen molar-refractivity contribution in [2.75, 3.05) is 0 Å². The van der Waals surface area contributed by atoms with Gasteiger partial charge in [-0.1, -0.05) is 24.8 Å². The molecular formula is C14H14N2O2. The molecule has 4 heteroatoms. The van der Waals surface area contributed by atoms with Gasteiger partial charge in [-0.25, -0.2) is 9.78 Å². The SMILES string of the molecule is C=C(C)C(=O)OCc1cncn1-c1ccccc1. The van der Waals surface area contributed by atoms with Crippen molar-refractivity contribution in [3.8, 4) is 5.69 Å². The van der Waals surface area contributed by atoms with Crippen molar-refractivity contribution in [3.63, 3.8) is 0 Å². The third-order valence-electron chi connectivity index (χ3n) is 2.45. The molecule has 0 aliphatic carbocycles. The Bertz CT molecular complexity index is 558. The average Bonchev–Trinajstić information content (AvgIpc) is 2.85. The molecule has 92 valence electrons. The van der Waals surface area contributed by atoms with Gasteiger partial charge in [0.15, 0.2) is 0 Å². The lowest BCUT2D eigenvalue weighted by Gasteiger charge is -2.08. The third-order valence-corrected chi connectivity index (χ3v) is 2.45. The zero-order valence-corrected chi connectivity index (χ0v) is 10.2. The number of nitrogens with zero attached hydrogens (tertiary/aromatic N) is 2. The Morgan fingerprint density at radius 1 is 1.39 bits per heavy atom. The molecule has 0 fully saturated rings.